The molecule has 1 aromatic rings. The molecule has 22 heavy (non-hydrogen) atoms. The molecule has 0 aliphatic rings. The number of carbonyl (C=O) groups is 2. The van der Waals surface area contributed by atoms with Crippen molar-refractivity contribution in [1.82, 2.24) is 0 Å². The Bertz CT molecular complexity index is 493. The van der Waals surface area contributed by atoms with E-state index in [-0.39, 0.29) is 18.0 Å². The molecule has 0 spiro atoms. The number of esters is 1. The van der Waals surface area contributed by atoms with Crippen LogP contribution in [0.4, 0.5) is 0 Å². The molecule has 2 atom stereocenters. The first kappa shape index (κ1) is 18.1. The topological polar surface area (TPSA) is 52.6 Å². The van der Waals surface area contributed by atoms with Gasteiger partial charge in [-0.05, 0) is 31.9 Å². The Labute approximate surface area is 132 Å². The van der Waals surface area contributed by atoms with Gasteiger partial charge in [-0.2, -0.15) is 0 Å². The number of carbonyl (C=O) groups excluding carboxylic acids is 2. The number of aldehydes is 1. The van der Waals surface area contributed by atoms with Gasteiger partial charge < -0.3 is 14.3 Å². The van der Waals surface area contributed by atoms with E-state index >= 15 is 0 Å². The molecule has 0 amide bonds. The first-order valence-electron chi connectivity index (χ1n) is 7.53. The minimum atomic E-state index is -0.352. The molecule has 0 saturated heterocycles. The zero-order chi connectivity index (χ0) is 16.4. The van der Waals surface area contributed by atoms with Gasteiger partial charge >= 0.3 is 5.97 Å². The van der Waals surface area contributed by atoms with Crippen LogP contribution in [-0.4, -0.2) is 25.0 Å². The lowest BCUT2D eigenvalue weighted by Gasteiger charge is -2.17. The molecule has 0 unspecified atom stereocenters. The van der Waals surface area contributed by atoms with Crippen LogP contribution in [0.2, 0.25) is 0 Å². The lowest BCUT2D eigenvalue weighted by atomic mass is 10.0. The molecule has 0 heterocycles. The molecule has 0 radical (unpaired) electrons. The van der Waals surface area contributed by atoms with Crippen LogP contribution in [0, 0.1) is 5.92 Å². The van der Waals surface area contributed by atoms with Crippen molar-refractivity contribution >= 4 is 12.3 Å². The highest BCUT2D eigenvalue weighted by molar-refractivity contribution is 5.87. The fourth-order valence-electron chi connectivity index (χ4n) is 1.98. The fourth-order valence-corrected chi connectivity index (χ4v) is 1.98. The van der Waals surface area contributed by atoms with E-state index in [0.29, 0.717) is 25.2 Å². The molecule has 0 aliphatic heterocycles. The minimum Gasteiger partial charge on any atom is -0.463 e. The van der Waals surface area contributed by atoms with E-state index in [4.69, 9.17) is 9.47 Å². The van der Waals surface area contributed by atoms with Crippen LogP contribution >= 0.6 is 0 Å². The number of ether oxygens (including phenoxy) is 2. The second-order valence-corrected chi connectivity index (χ2v) is 5.25. The summed E-state index contributed by atoms with van der Waals surface area (Å²) < 4.78 is 10.8. The molecule has 0 saturated carbocycles. The van der Waals surface area contributed by atoms with Gasteiger partial charge in [0.25, 0.3) is 0 Å². The zero-order valence-electron chi connectivity index (χ0n) is 13.5. The summed E-state index contributed by atoms with van der Waals surface area (Å²) in [6.07, 6.45) is 2.87. The number of hydrogen-bond donors (Lipinski definition) is 0. The monoisotopic (exact) mass is 304 g/mol. The normalized spacial score (nSPS) is 14.2. The van der Waals surface area contributed by atoms with Crippen molar-refractivity contribution in [3.8, 4) is 0 Å². The van der Waals surface area contributed by atoms with Gasteiger partial charge in [-0.25, -0.2) is 4.79 Å². The lowest BCUT2D eigenvalue weighted by molar-refractivity contribution is -0.138. The van der Waals surface area contributed by atoms with Gasteiger partial charge in [0.1, 0.15) is 6.29 Å². The SMILES string of the molecule is CCOC(=O)/C(C)=C/[C@@H](C[C@H](C)C=O)OCc1ccccc1. The van der Waals surface area contributed by atoms with Crippen LogP contribution < -0.4 is 0 Å². The Hall–Kier alpha value is -1.94. The first-order valence-corrected chi connectivity index (χ1v) is 7.53. The molecule has 0 aliphatic carbocycles. The molecule has 0 bridgehead atoms. The maximum Gasteiger partial charge on any atom is 0.333 e. The van der Waals surface area contributed by atoms with Gasteiger partial charge in [-0.15, -0.1) is 0 Å². The fraction of sp³-hybridized carbons (Fsp3) is 0.444. The first-order chi connectivity index (χ1) is 10.6. The summed E-state index contributed by atoms with van der Waals surface area (Å²) in [6, 6.07) is 9.79. The van der Waals surface area contributed by atoms with E-state index in [2.05, 4.69) is 0 Å². The highest BCUT2D eigenvalue weighted by Crippen LogP contribution is 2.14. The molecule has 120 valence electrons. The van der Waals surface area contributed by atoms with Crippen molar-refractivity contribution in [2.24, 2.45) is 5.92 Å². The summed E-state index contributed by atoms with van der Waals surface area (Å²) in [5, 5.41) is 0. The third-order valence-electron chi connectivity index (χ3n) is 3.18. The quantitative estimate of drug-likeness (QED) is 0.399. The van der Waals surface area contributed by atoms with E-state index in [1.165, 1.54) is 0 Å². The van der Waals surface area contributed by atoms with Crippen molar-refractivity contribution in [3.05, 3.63) is 47.5 Å². The van der Waals surface area contributed by atoms with Crippen LogP contribution in [0.15, 0.2) is 42.0 Å². The summed E-state index contributed by atoms with van der Waals surface area (Å²) in [7, 11) is 0. The van der Waals surface area contributed by atoms with Crippen molar-refractivity contribution < 1.29 is 19.1 Å². The van der Waals surface area contributed by atoms with Gasteiger partial charge in [-0.3, -0.25) is 0 Å². The average molecular weight is 304 g/mol. The largest absolute Gasteiger partial charge is 0.463 e. The standard InChI is InChI=1S/C18H24O4/c1-4-21-18(20)15(3)11-17(10-14(2)12-19)22-13-16-8-6-5-7-9-16/h5-9,11-12,14,17H,4,10,13H2,1-3H3/b15-11+/t14-,17+/m0/s1. The van der Waals surface area contributed by atoms with Gasteiger partial charge in [0, 0.05) is 11.5 Å². The number of rotatable bonds is 9. The zero-order valence-corrected chi connectivity index (χ0v) is 13.5. The Morgan fingerprint density at radius 3 is 2.55 bits per heavy atom. The lowest BCUT2D eigenvalue weighted by Crippen LogP contribution is -2.17. The Morgan fingerprint density at radius 2 is 1.95 bits per heavy atom. The van der Waals surface area contributed by atoms with E-state index < -0.39 is 0 Å². The van der Waals surface area contributed by atoms with Crippen molar-refractivity contribution in [2.45, 2.75) is 39.9 Å². The number of benzene rings is 1. The molecule has 4 heteroatoms. The second-order valence-electron chi connectivity index (χ2n) is 5.25. The van der Waals surface area contributed by atoms with Crippen LogP contribution in [0.5, 0.6) is 0 Å². The summed E-state index contributed by atoms with van der Waals surface area (Å²) in [4.78, 5) is 22.6. The van der Waals surface area contributed by atoms with Crippen LogP contribution in [0.1, 0.15) is 32.8 Å². The average Bonchev–Trinajstić information content (AvgIpc) is 2.53. The molecule has 1 aromatic carbocycles. The van der Waals surface area contributed by atoms with Crippen molar-refractivity contribution in [1.29, 1.82) is 0 Å². The second kappa shape index (κ2) is 9.90. The van der Waals surface area contributed by atoms with E-state index in [0.717, 1.165) is 11.8 Å². The van der Waals surface area contributed by atoms with Gasteiger partial charge in [0.05, 0.1) is 19.3 Å². The summed E-state index contributed by atoms with van der Waals surface area (Å²) in [5.74, 6) is -0.485. The smallest absolute Gasteiger partial charge is 0.333 e. The molecule has 4 nitrogen and oxygen atoms in total. The predicted molar refractivity (Wildman–Crippen MR) is 85.3 cm³/mol. The van der Waals surface area contributed by atoms with Gasteiger partial charge in [0.15, 0.2) is 0 Å². The summed E-state index contributed by atoms with van der Waals surface area (Å²) in [6.45, 7) is 6.07. The van der Waals surface area contributed by atoms with Gasteiger partial charge in [0.2, 0.25) is 0 Å². The molecule has 0 N–H and O–H groups in total. The third kappa shape index (κ3) is 6.68. The van der Waals surface area contributed by atoms with Crippen LogP contribution in [-0.2, 0) is 25.7 Å². The number of hydrogen-bond acceptors (Lipinski definition) is 4. The van der Waals surface area contributed by atoms with Crippen molar-refractivity contribution in [3.63, 3.8) is 0 Å². The molecular formula is C18H24O4. The summed E-state index contributed by atoms with van der Waals surface area (Å²) >= 11 is 0. The maximum atomic E-state index is 11.7. The van der Waals surface area contributed by atoms with Crippen LogP contribution in [0.3, 0.4) is 0 Å². The van der Waals surface area contributed by atoms with Crippen molar-refractivity contribution in [2.75, 3.05) is 6.61 Å². The van der Waals surface area contributed by atoms with E-state index in [1.807, 2.05) is 37.3 Å². The van der Waals surface area contributed by atoms with Crippen LogP contribution in [0.25, 0.3) is 0 Å². The molecular weight excluding hydrogens is 280 g/mol. The van der Waals surface area contributed by atoms with E-state index in [9.17, 15) is 9.59 Å². The molecule has 1 rings (SSSR count). The Kier molecular flexibility index (Phi) is 8.15. The molecule has 0 fully saturated rings. The summed E-state index contributed by atoms with van der Waals surface area (Å²) in [5.41, 5.74) is 1.55. The highest BCUT2D eigenvalue weighted by Gasteiger charge is 2.14. The maximum absolute atomic E-state index is 11.7. The minimum absolute atomic E-state index is 0.132. The van der Waals surface area contributed by atoms with Gasteiger partial charge in [-0.1, -0.05) is 37.3 Å². The highest BCUT2D eigenvalue weighted by atomic mass is 16.5. The Morgan fingerprint density at radius 1 is 1.27 bits per heavy atom. The molecule has 0 aromatic heterocycles. The third-order valence-corrected chi connectivity index (χ3v) is 3.18. The predicted octanol–water partition coefficient (Wildman–Crippen LogP) is 3.31. The Balaban J connectivity index is 2.72. The van der Waals surface area contributed by atoms with E-state index in [1.54, 1.807) is 19.9 Å².